The normalized spacial score (nSPS) is 30.4. The van der Waals surface area contributed by atoms with Gasteiger partial charge in [0.1, 0.15) is 0 Å². The molecule has 0 aromatic carbocycles. The molecule has 1 atom stereocenters. The Morgan fingerprint density at radius 3 is 2.45 bits per heavy atom. The minimum Gasteiger partial charge on any atom is -0.381 e. The summed E-state index contributed by atoms with van der Waals surface area (Å²) in [6.07, 6.45) is 2.31. The Kier molecular flexibility index (Phi) is 5.54. The smallest absolute Gasteiger partial charge is 0.236 e. The third-order valence-electron chi connectivity index (χ3n) is 4.42. The summed E-state index contributed by atoms with van der Waals surface area (Å²) in [7, 11) is 0. The van der Waals surface area contributed by atoms with Gasteiger partial charge in [0.25, 0.3) is 0 Å². The van der Waals surface area contributed by atoms with E-state index in [1.165, 1.54) is 5.75 Å². The third-order valence-corrected chi connectivity index (χ3v) is 7.17. The van der Waals surface area contributed by atoms with Crippen molar-refractivity contribution in [3.8, 4) is 0 Å². The summed E-state index contributed by atoms with van der Waals surface area (Å²) in [4.78, 5) is 17.2. The van der Waals surface area contributed by atoms with Gasteiger partial charge < -0.3 is 9.64 Å². The van der Waals surface area contributed by atoms with E-state index in [0.717, 1.165) is 63.7 Å². The Hall–Kier alpha value is 0.0900. The quantitative estimate of drug-likeness (QED) is 0.763. The van der Waals surface area contributed by atoms with Crippen LogP contribution in [0.25, 0.3) is 0 Å². The molecule has 3 aliphatic rings. The maximum atomic E-state index is 12.5. The van der Waals surface area contributed by atoms with Crippen molar-refractivity contribution in [3.63, 3.8) is 0 Å². The van der Waals surface area contributed by atoms with E-state index in [9.17, 15) is 4.79 Å². The van der Waals surface area contributed by atoms with E-state index in [1.54, 1.807) is 0 Å². The van der Waals surface area contributed by atoms with Gasteiger partial charge in [-0.05, 0) is 12.8 Å². The highest BCUT2D eigenvalue weighted by molar-refractivity contribution is 8.07. The van der Waals surface area contributed by atoms with Crippen molar-refractivity contribution >= 4 is 29.4 Å². The van der Waals surface area contributed by atoms with Gasteiger partial charge in [-0.15, -0.1) is 11.8 Å². The Balaban J connectivity index is 1.46. The van der Waals surface area contributed by atoms with Crippen LogP contribution < -0.4 is 0 Å². The molecule has 0 saturated carbocycles. The Bertz CT molecular complexity index is 323. The lowest BCUT2D eigenvalue weighted by atomic mass is 10.1. The number of rotatable bonds is 2. The van der Waals surface area contributed by atoms with Crippen LogP contribution in [0.3, 0.4) is 0 Å². The van der Waals surface area contributed by atoms with Crippen molar-refractivity contribution in [2.75, 3.05) is 56.7 Å². The molecule has 3 aliphatic heterocycles. The fraction of sp³-hybridized carbons (Fsp3) is 0.929. The second kappa shape index (κ2) is 7.38. The van der Waals surface area contributed by atoms with Crippen LogP contribution >= 0.6 is 23.5 Å². The number of hydrogen-bond acceptors (Lipinski definition) is 5. The van der Waals surface area contributed by atoms with Crippen LogP contribution in [0.15, 0.2) is 0 Å². The molecule has 0 bridgehead atoms. The largest absolute Gasteiger partial charge is 0.381 e. The van der Waals surface area contributed by atoms with E-state index in [2.05, 4.69) is 9.80 Å². The van der Waals surface area contributed by atoms with E-state index < -0.39 is 0 Å². The van der Waals surface area contributed by atoms with Gasteiger partial charge in [0.2, 0.25) is 5.91 Å². The second-order valence-corrected chi connectivity index (χ2v) is 8.10. The van der Waals surface area contributed by atoms with Crippen LogP contribution in [0.5, 0.6) is 0 Å². The zero-order valence-electron chi connectivity index (χ0n) is 12.0. The molecule has 20 heavy (non-hydrogen) atoms. The number of carbonyl (C=O) groups excluding carboxylic acids is 1. The van der Waals surface area contributed by atoms with E-state index in [4.69, 9.17) is 4.74 Å². The molecule has 114 valence electrons. The SMILES string of the molecule is O=C([C@@H]1CSCCS1)N1CCN(C2CCOCC2)CC1. The Morgan fingerprint density at radius 2 is 1.80 bits per heavy atom. The lowest BCUT2D eigenvalue weighted by Gasteiger charge is -2.41. The van der Waals surface area contributed by atoms with Crippen molar-refractivity contribution in [1.82, 2.24) is 9.80 Å². The monoisotopic (exact) mass is 316 g/mol. The van der Waals surface area contributed by atoms with Crippen molar-refractivity contribution in [2.24, 2.45) is 0 Å². The first kappa shape index (κ1) is 15.0. The van der Waals surface area contributed by atoms with Crippen molar-refractivity contribution < 1.29 is 9.53 Å². The maximum absolute atomic E-state index is 12.5. The number of hydrogen-bond donors (Lipinski definition) is 0. The molecule has 0 unspecified atom stereocenters. The molecule has 1 amide bonds. The first-order chi connectivity index (χ1) is 9.84. The standard InChI is InChI=1S/C14H24N2O2S2/c17-14(13-11-19-9-10-20-13)16-5-3-15(4-6-16)12-1-7-18-8-2-12/h12-13H,1-11H2/t13-/m0/s1. The molecular weight excluding hydrogens is 292 g/mol. The van der Waals surface area contributed by atoms with Crippen molar-refractivity contribution in [3.05, 3.63) is 0 Å². The molecule has 3 saturated heterocycles. The predicted molar refractivity (Wildman–Crippen MR) is 85.6 cm³/mol. The minimum absolute atomic E-state index is 0.211. The van der Waals surface area contributed by atoms with Crippen LogP contribution in [0.1, 0.15) is 12.8 Å². The molecule has 0 spiro atoms. The van der Waals surface area contributed by atoms with Crippen LogP contribution in [0.2, 0.25) is 0 Å². The maximum Gasteiger partial charge on any atom is 0.236 e. The first-order valence-corrected chi connectivity index (χ1v) is 9.85. The molecule has 3 rings (SSSR count). The highest BCUT2D eigenvalue weighted by Gasteiger charge is 2.31. The first-order valence-electron chi connectivity index (χ1n) is 7.64. The van der Waals surface area contributed by atoms with E-state index in [0.29, 0.717) is 11.9 Å². The average Bonchev–Trinajstić information content (AvgIpc) is 2.56. The Labute approximate surface area is 130 Å². The molecule has 0 N–H and O–H groups in total. The summed E-state index contributed by atoms with van der Waals surface area (Å²) in [6, 6.07) is 0.681. The molecule has 3 fully saturated rings. The lowest BCUT2D eigenvalue weighted by molar-refractivity contribution is -0.132. The topological polar surface area (TPSA) is 32.8 Å². The van der Waals surface area contributed by atoms with E-state index in [1.807, 2.05) is 23.5 Å². The number of nitrogens with zero attached hydrogens (tertiary/aromatic N) is 2. The fourth-order valence-corrected chi connectivity index (χ4v) is 5.82. The van der Waals surface area contributed by atoms with Gasteiger partial charge in [0.05, 0.1) is 5.25 Å². The fourth-order valence-electron chi connectivity index (χ4n) is 3.19. The summed E-state index contributed by atoms with van der Waals surface area (Å²) in [6.45, 7) is 5.72. The molecule has 3 heterocycles. The summed E-state index contributed by atoms with van der Waals surface area (Å²) in [5, 5.41) is 0.211. The van der Waals surface area contributed by atoms with E-state index >= 15 is 0 Å². The average molecular weight is 316 g/mol. The number of amides is 1. The zero-order chi connectivity index (χ0) is 13.8. The molecule has 0 aliphatic carbocycles. The van der Waals surface area contributed by atoms with E-state index in [-0.39, 0.29) is 5.25 Å². The molecule has 0 aromatic rings. The van der Waals surface area contributed by atoms with Gasteiger partial charge in [0.15, 0.2) is 0 Å². The van der Waals surface area contributed by atoms with Gasteiger partial charge in [-0.2, -0.15) is 11.8 Å². The summed E-state index contributed by atoms with van der Waals surface area (Å²) in [5.41, 5.74) is 0. The third kappa shape index (κ3) is 3.64. The number of ether oxygens (including phenoxy) is 1. The molecule has 0 aromatic heterocycles. The number of carbonyl (C=O) groups is 1. The van der Waals surface area contributed by atoms with Gasteiger partial charge in [-0.3, -0.25) is 9.69 Å². The minimum atomic E-state index is 0.211. The van der Waals surface area contributed by atoms with Gasteiger partial charge in [0, 0.05) is 62.7 Å². The summed E-state index contributed by atoms with van der Waals surface area (Å²) < 4.78 is 5.43. The second-order valence-electron chi connectivity index (χ2n) is 5.64. The van der Waals surface area contributed by atoms with Crippen LogP contribution in [-0.4, -0.2) is 83.7 Å². The highest BCUT2D eigenvalue weighted by Crippen LogP contribution is 2.26. The predicted octanol–water partition coefficient (Wildman–Crippen LogP) is 1.16. The Morgan fingerprint density at radius 1 is 1.05 bits per heavy atom. The number of thioether (sulfide) groups is 2. The molecule has 0 radical (unpaired) electrons. The van der Waals surface area contributed by atoms with Crippen LogP contribution in [0.4, 0.5) is 0 Å². The van der Waals surface area contributed by atoms with Crippen LogP contribution in [-0.2, 0) is 9.53 Å². The van der Waals surface area contributed by atoms with Gasteiger partial charge in [-0.1, -0.05) is 0 Å². The van der Waals surface area contributed by atoms with Gasteiger partial charge >= 0.3 is 0 Å². The molecule has 6 heteroatoms. The van der Waals surface area contributed by atoms with Crippen molar-refractivity contribution in [2.45, 2.75) is 24.1 Å². The molecular formula is C14H24N2O2S2. The summed E-state index contributed by atoms with van der Waals surface area (Å²) in [5.74, 6) is 3.72. The summed E-state index contributed by atoms with van der Waals surface area (Å²) >= 11 is 3.78. The number of piperazine rings is 1. The van der Waals surface area contributed by atoms with Crippen LogP contribution in [0, 0.1) is 0 Å². The van der Waals surface area contributed by atoms with Gasteiger partial charge in [-0.25, -0.2) is 0 Å². The zero-order valence-corrected chi connectivity index (χ0v) is 13.6. The lowest BCUT2D eigenvalue weighted by Crippen LogP contribution is -2.54. The van der Waals surface area contributed by atoms with Crippen molar-refractivity contribution in [1.29, 1.82) is 0 Å². The molecule has 4 nitrogen and oxygen atoms in total. The highest BCUT2D eigenvalue weighted by atomic mass is 32.2.